The van der Waals surface area contributed by atoms with Gasteiger partial charge in [-0.15, -0.1) is 0 Å². The van der Waals surface area contributed by atoms with Gasteiger partial charge in [0.05, 0.1) is 0 Å². The van der Waals surface area contributed by atoms with Gasteiger partial charge in [-0.1, -0.05) is 23.8 Å². The van der Waals surface area contributed by atoms with E-state index in [9.17, 15) is 0 Å². The van der Waals surface area contributed by atoms with E-state index in [1.165, 1.54) is 5.56 Å². The SMILES string of the molecule is Cc1ccc(Oc2ccc(CC(C)N)cn2)cc1. The fraction of sp³-hybridized carbons (Fsp3) is 0.267. The second-order valence-electron chi connectivity index (χ2n) is 4.60. The second-order valence-corrected chi connectivity index (χ2v) is 4.60. The fourth-order valence-corrected chi connectivity index (χ4v) is 1.69. The monoisotopic (exact) mass is 242 g/mol. The summed E-state index contributed by atoms with van der Waals surface area (Å²) in [6, 6.07) is 11.9. The maximum Gasteiger partial charge on any atom is 0.219 e. The summed E-state index contributed by atoms with van der Waals surface area (Å²) in [5, 5.41) is 0. The van der Waals surface area contributed by atoms with Crippen molar-refractivity contribution in [1.29, 1.82) is 0 Å². The fourth-order valence-electron chi connectivity index (χ4n) is 1.69. The summed E-state index contributed by atoms with van der Waals surface area (Å²) in [6.45, 7) is 4.03. The highest BCUT2D eigenvalue weighted by atomic mass is 16.5. The van der Waals surface area contributed by atoms with Crippen LogP contribution in [0.3, 0.4) is 0 Å². The van der Waals surface area contributed by atoms with Crippen LogP contribution in [-0.2, 0) is 6.42 Å². The highest BCUT2D eigenvalue weighted by Crippen LogP contribution is 2.19. The van der Waals surface area contributed by atoms with Crippen molar-refractivity contribution < 1.29 is 4.74 Å². The zero-order valence-corrected chi connectivity index (χ0v) is 10.8. The number of nitrogens with zero attached hydrogens (tertiary/aromatic N) is 1. The molecule has 2 aromatic rings. The highest BCUT2D eigenvalue weighted by molar-refractivity contribution is 5.30. The van der Waals surface area contributed by atoms with Crippen molar-refractivity contribution >= 4 is 0 Å². The van der Waals surface area contributed by atoms with Crippen molar-refractivity contribution in [3.63, 3.8) is 0 Å². The van der Waals surface area contributed by atoms with E-state index in [4.69, 9.17) is 10.5 Å². The zero-order chi connectivity index (χ0) is 13.0. The van der Waals surface area contributed by atoms with Gasteiger partial charge in [-0.3, -0.25) is 0 Å². The van der Waals surface area contributed by atoms with Crippen LogP contribution < -0.4 is 10.5 Å². The van der Waals surface area contributed by atoms with Gasteiger partial charge in [-0.25, -0.2) is 4.98 Å². The van der Waals surface area contributed by atoms with E-state index >= 15 is 0 Å². The largest absolute Gasteiger partial charge is 0.439 e. The standard InChI is InChI=1S/C15H18N2O/c1-11-3-6-14(7-4-11)18-15-8-5-13(10-17-15)9-12(2)16/h3-8,10,12H,9,16H2,1-2H3. The number of hydrogen-bond donors (Lipinski definition) is 1. The smallest absolute Gasteiger partial charge is 0.219 e. The number of ether oxygens (including phenoxy) is 1. The van der Waals surface area contributed by atoms with E-state index in [2.05, 4.69) is 4.98 Å². The van der Waals surface area contributed by atoms with Gasteiger partial charge in [0.2, 0.25) is 5.88 Å². The van der Waals surface area contributed by atoms with E-state index in [0.717, 1.165) is 17.7 Å². The third kappa shape index (κ3) is 3.57. The van der Waals surface area contributed by atoms with Crippen molar-refractivity contribution in [2.45, 2.75) is 26.3 Å². The molecule has 1 aromatic carbocycles. The molecule has 0 saturated carbocycles. The molecule has 0 spiro atoms. The van der Waals surface area contributed by atoms with Crippen LogP contribution in [0.4, 0.5) is 0 Å². The average molecular weight is 242 g/mol. The zero-order valence-electron chi connectivity index (χ0n) is 10.8. The van der Waals surface area contributed by atoms with Gasteiger partial charge in [-0.2, -0.15) is 0 Å². The summed E-state index contributed by atoms with van der Waals surface area (Å²) >= 11 is 0. The number of rotatable bonds is 4. The predicted octanol–water partition coefficient (Wildman–Crippen LogP) is 3.07. The van der Waals surface area contributed by atoms with Gasteiger partial charge in [0.15, 0.2) is 0 Å². The van der Waals surface area contributed by atoms with Crippen molar-refractivity contribution in [2.75, 3.05) is 0 Å². The molecule has 0 aliphatic rings. The average Bonchev–Trinajstić information content (AvgIpc) is 2.34. The molecule has 2 rings (SSSR count). The molecule has 0 aliphatic heterocycles. The molecule has 1 atom stereocenters. The Morgan fingerprint density at radius 3 is 2.44 bits per heavy atom. The summed E-state index contributed by atoms with van der Waals surface area (Å²) in [6.07, 6.45) is 2.64. The van der Waals surface area contributed by atoms with Gasteiger partial charge in [0.1, 0.15) is 5.75 Å². The van der Waals surface area contributed by atoms with Crippen LogP contribution in [0.5, 0.6) is 11.6 Å². The molecule has 18 heavy (non-hydrogen) atoms. The Bertz CT molecular complexity index is 489. The molecule has 0 aliphatic carbocycles. The van der Waals surface area contributed by atoms with Crippen molar-refractivity contribution in [3.8, 4) is 11.6 Å². The minimum absolute atomic E-state index is 0.149. The molecule has 1 unspecified atom stereocenters. The summed E-state index contributed by atoms with van der Waals surface area (Å²) < 4.78 is 5.65. The van der Waals surface area contributed by atoms with E-state index in [1.807, 2.05) is 56.4 Å². The van der Waals surface area contributed by atoms with Crippen LogP contribution in [0.15, 0.2) is 42.6 Å². The normalized spacial score (nSPS) is 12.2. The van der Waals surface area contributed by atoms with Crippen LogP contribution in [0, 0.1) is 6.92 Å². The van der Waals surface area contributed by atoms with Crippen molar-refractivity contribution in [1.82, 2.24) is 4.98 Å². The number of aromatic nitrogens is 1. The summed E-state index contributed by atoms with van der Waals surface area (Å²) in [4.78, 5) is 4.27. The molecule has 0 fully saturated rings. The Labute approximate surface area is 108 Å². The highest BCUT2D eigenvalue weighted by Gasteiger charge is 2.01. The van der Waals surface area contributed by atoms with Gasteiger partial charge < -0.3 is 10.5 Å². The van der Waals surface area contributed by atoms with Crippen LogP contribution in [0.25, 0.3) is 0 Å². The minimum atomic E-state index is 0.149. The Balaban J connectivity index is 2.04. The van der Waals surface area contributed by atoms with Gasteiger partial charge in [-0.05, 0) is 38.0 Å². The quantitative estimate of drug-likeness (QED) is 0.896. The molecule has 0 radical (unpaired) electrons. The molecule has 94 valence electrons. The number of aryl methyl sites for hydroxylation is 1. The Hall–Kier alpha value is -1.87. The maximum atomic E-state index is 5.74. The molecular weight excluding hydrogens is 224 g/mol. The topological polar surface area (TPSA) is 48.1 Å². The van der Waals surface area contributed by atoms with E-state index < -0.39 is 0 Å². The van der Waals surface area contributed by atoms with Crippen LogP contribution in [0.2, 0.25) is 0 Å². The van der Waals surface area contributed by atoms with E-state index in [1.54, 1.807) is 0 Å². The minimum Gasteiger partial charge on any atom is -0.439 e. The maximum absolute atomic E-state index is 5.74. The van der Waals surface area contributed by atoms with Gasteiger partial charge in [0.25, 0.3) is 0 Å². The molecule has 0 bridgehead atoms. The second kappa shape index (κ2) is 5.65. The first-order valence-electron chi connectivity index (χ1n) is 6.08. The number of hydrogen-bond acceptors (Lipinski definition) is 3. The lowest BCUT2D eigenvalue weighted by molar-refractivity contribution is 0.462. The lowest BCUT2D eigenvalue weighted by atomic mass is 10.1. The first-order valence-corrected chi connectivity index (χ1v) is 6.08. The third-order valence-corrected chi connectivity index (χ3v) is 2.60. The molecule has 2 N–H and O–H groups in total. The van der Waals surface area contributed by atoms with Gasteiger partial charge in [0, 0.05) is 18.3 Å². The number of pyridine rings is 1. The Morgan fingerprint density at radius 2 is 1.89 bits per heavy atom. The first kappa shape index (κ1) is 12.6. The molecule has 3 heteroatoms. The molecule has 1 aromatic heterocycles. The number of benzene rings is 1. The molecule has 3 nitrogen and oxygen atoms in total. The Morgan fingerprint density at radius 1 is 1.17 bits per heavy atom. The van der Waals surface area contributed by atoms with Crippen molar-refractivity contribution in [2.24, 2.45) is 5.73 Å². The van der Waals surface area contributed by atoms with Crippen LogP contribution >= 0.6 is 0 Å². The lowest BCUT2D eigenvalue weighted by Gasteiger charge is -2.07. The van der Waals surface area contributed by atoms with E-state index in [-0.39, 0.29) is 6.04 Å². The molecule has 0 saturated heterocycles. The lowest BCUT2D eigenvalue weighted by Crippen LogP contribution is -2.17. The van der Waals surface area contributed by atoms with E-state index in [0.29, 0.717) is 5.88 Å². The molecule has 1 heterocycles. The summed E-state index contributed by atoms with van der Waals surface area (Å²) in [5.41, 5.74) is 8.08. The first-order chi connectivity index (χ1) is 8.63. The summed E-state index contributed by atoms with van der Waals surface area (Å²) in [7, 11) is 0. The summed E-state index contributed by atoms with van der Waals surface area (Å²) in [5.74, 6) is 1.40. The third-order valence-electron chi connectivity index (χ3n) is 2.60. The van der Waals surface area contributed by atoms with Crippen LogP contribution in [-0.4, -0.2) is 11.0 Å². The molecular formula is C15H18N2O. The van der Waals surface area contributed by atoms with Gasteiger partial charge >= 0.3 is 0 Å². The Kier molecular flexibility index (Phi) is 3.95. The molecule has 0 amide bonds. The predicted molar refractivity (Wildman–Crippen MR) is 72.8 cm³/mol. The number of nitrogens with two attached hydrogens (primary N) is 1. The van der Waals surface area contributed by atoms with Crippen molar-refractivity contribution in [3.05, 3.63) is 53.7 Å². The van der Waals surface area contributed by atoms with Crippen LogP contribution in [0.1, 0.15) is 18.1 Å².